The summed E-state index contributed by atoms with van der Waals surface area (Å²) in [5.41, 5.74) is 2.45. The molecule has 1 aromatic heterocycles. The summed E-state index contributed by atoms with van der Waals surface area (Å²) in [6.45, 7) is 1.45. The SMILES string of the molecule is Cl.O=S(=O)(c1ccc(CO)cc1)c1ccc2oc3c(c2c1)CNCC3. The molecular weight excluding hydrogens is 362 g/mol. The van der Waals surface area contributed by atoms with Gasteiger partial charge in [-0.3, -0.25) is 0 Å². The lowest BCUT2D eigenvalue weighted by Crippen LogP contribution is -2.22. The standard InChI is InChI=1S/C18H17NO4S.ClH/c20-11-12-1-3-13(4-2-12)24(21,22)14-5-6-17-15(9-14)16-10-19-8-7-18(16)23-17;/h1-6,9,19-20H,7-8,10-11H2;1H. The lowest BCUT2D eigenvalue weighted by molar-refractivity contribution is 0.282. The van der Waals surface area contributed by atoms with Gasteiger partial charge in [-0.25, -0.2) is 8.42 Å². The van der Waals surface area contributed by atoms with Crippen molar-refractivity contribution in [2.75, 3.05) is 6.54 Å². The van der Waals surface area contributed by atoms with Gasteiger partial charge in [0, 0.05) is 30.5 Å². The highest BCUT2D eigenvalue weighted by molar-refractivity contribution is 7.91. The number of hydrogen-bond donors (Lipinski definition) is 2. The van der Waals surface area contributed by atoms with E-state index in [4.69, 9.17) is 9.52 Å². The van der Waals surface area contributed by atoms with Crippen molar-refractivity contribution < 1.29 is 17.9 Å². The lowest BCUT2D eigenvalue weighted by Gasteiger charge is -2.11. The molecule has 0 saturated heterocycles. The monoisotopic (exact) mass is 379 g/mol. The maximum absolute atomic E-state index is 12.9. The summed E-state index contributed by atoms with van der Waals surface area (Å²) in [5.74, 6) is 0.936. The van der Waals surface area contributed by atoms with Crippen molar-refractivity contribution in [3.8, 4) is 0 Å². The van der Waals surface area contributed by atoms with E-state index in [2.05, 4.69) is 5.32 Å². The topological polar surface area (TPSA) is 79.5 Å². The van der Waals surface area contributed by atoms with Crippen molar-refractivity contribution in [1.82, 2.24) is 5.32 Å². The first-order chi connectivity index (χ1) is 11.6. The van der Waals surface area contributed by atoms with Crippen molar-refractivity contribution in [3.05, 3.63) is 59.4 Å². The van der Waals surface area contributed by atoms with Crippen molar-refractivity contribution in [2.45, 2.75) is 29.4 Å². The summed E-state index contributed by atoms with van der Waals surface area (Å²) in [4.78, 5) is 0.468. The van der Waals surface area contributed by atoms with Gasteiger partial charge in [0.1, 0.15) is 11.3 Å². The Labute approximate surface area is 152 Å². The summed E-state index contributed by atoms with van der Waals surface area (Å²) >= 11 is 0. The zero-order valence-electron chi connectivity index (χ0n) is 13.4. The Morgan fingerprint density at radius 3 is 2.52 bits per heavy atom. The van der Waals surface area contributed by atoms with E-state index >= 15 is 0 Å². The molecule has 132 valence electrons. The predicted molar refractivity (Wildman–Crippen MR) is 96.7 cm³/mol. The van der Waals surface area contributed by atoms with Gasteiger partial charge in [-0.05, 0) is 35.9 Å². The highest BCUT2D eigenvalue weighted by atomic mass is 35.5. The maximum Gasteiger partial charge on any atom is 0.206 e. The van der Waals surface area contributed by atoms with E-state index in [0.717, 1.165) is 35.3 Å². The Morgan fingerprint density at radius 2 is 1.80 bits per heavy atom. The Morgan fingerprint density at radius 1 is 1.08 bits per heavy atom. The molecule has 0 radical (unpaired) electrons. The highest BCUT2D eigenvalue weighted by Gasteiger charge is 2.22. The average molecular weight is 380 g/mol. The van der Waals surface area contributed by atoms with Crippen LogP contribution in [-0.2, 0) is 29.4 Å². The first kappa shape index (κ1) is 17.9. The number of benzene rings is 2. The summed E-state index contributed by atoms with van der Waals surface area (Å²) in [5, 5.41) is 13.2. The van der Waals surface area contributed by atoms with E-state index < -0.39 is 9.84 Å². The molecule has 2 aromatic carbocycles. The number of aliphatic hydroxyl groups is 1. The van der Waals surface area contributed by atoms with Gasteiger partial charge in [0.05, 0.1) is 16.4 Å². The van der Waals surface area contributed by atoms with Crippen molar-refractivity contribution in [2.24, 2.45) is 0 Å². The number of hydrogen-bond acceptors (Lipinski definition) is 5. The Hall–Kier alpha value is -1.86. The fourth-order valence-corrected chi connectivity index (χ4v) is 4.35. The molecule has 0 bridgehead atoms. The fraction of sp³-hybridized carbons (Fsp3) is 0.222. The van der Waals surface area contributed by atoms with Gasteiger partial charge >= 0.3 is 0 Å². The van der Waals surface area contributed by atoms with Crippen LogP contribution in [0.15, 0.2) is 56.7 Å². The number of rotatable bonds is 3. The van der Waals surface area contributed by atoms with Crippen molar-refractivity contribution >= 4 is 33.2 Å². The van der Waals surface area contributed by atoms with Crippen LogP contribution in [-0.4, -0.2) is 20.1 Å². The van der Waals surface area contributed by atoms with Crippen LogP contribution < -0.4 is 5.32 Å². The molecule has 0 aliphatic carbocycles. The van der Waals surface area contributed by atoms with Crippen LogP contribution in [0.1, 0.15) is 16.9 Å². The molecule has 25 heavy (non-hydrogen) atoms. The van der Waals surface area contributed by atoms with E-state index in [9.17, 15) is 8.42 Å². The first-order valence-corrected chi connectivity index (χ1v) is 9.28. The molecule has 0 saturated carbocycles. The van der Waals surface area contributed by atoms with Gasteiger partial charge in [-0.15, -0.1) is 12.4 Å². The molecular formula is C18H18ClNO4S. The molecule has 3 aromatic rings. The van der Waals surface area contributed by atoms with Crippen molar-refractivity contribution in [3.63, 3.8) is 0 Å². The molecule has 1 aliphatic heterocycles. The van der Waals surface area contributed by atoms with Crippen molar-refractivity contribution in [1.29, 1.82) is 0 Å². The van der Waals surface area contributed by atoms with Gasteiger partial charge in [-0.1, -0.05) is 12.1 Å². The Balaban J connectivity index is 0.00000182. The zero-order valence-corrected chi connectivity index (χ0v) is 15.0. The van der Waals surface area contributed by atoms with Crippen LogP contribution >= 0.6 is 12.4 Å². The number of aliphatic hydroxyl groups excluding tert-OH is 1. The first-order valence-electron chi connectivity index (χ1n) is 7.79. The molecule has 0 unspecified atom stereocenters. The number of furan rings is 1. The molecule has 2 heterocycles. The number of sulfone groups is 1. The second kappa shape index (κ2) is 6.80. The zero-order chi connectivity index (χ0) is 16.7. The van der Waals surface area contributed by atoms with E-state index in [1.807, 2.05) is 0 Å². The third-order valence-electron chi connectivity index (χ3n) is 4.40. The molecule has 0 atom stereocenters. The van der Waals surface area contributed by atoms with Crippen LogP contribution in [0.4, 0.5) is 0 Å². The predicted octanol–water partition coefficient (Wildman–Crippen LogP) is 2.83. The second-order valence-electron chi connectivity index (χ2n) is 5.89. The molecule has 0 spiro atoms. The molecule has 2 N–H and O–H groups in total. The number of halogens is 1. The number of fused-ring (bicyclic) bond motifs is 3. The summed E-state index contributed by atoms with van der Waals surface area (Å²) < 4.78 is 31.5. The van der Waals surface area contributed by atoms with Crippen LogP contribution in [0.3, 0.4) is 0 Å². The van der Waals surface area contributed by atoms with E-state index in [1.165, 1.54) is 12.1 Å². The van der Waals surface area contributed by atoms with Crippen LogP contribution in [0, 0.1) is 0 Å². The number of nitrogens with one attached hydrogen (secondary N) is 1. The smallest absolute Gasteiger partial charge is 0.206 e. The van der Waals surface area contributed by atoms with Gasteiger partial charge in [0.15, 0.2) is 0 Å². The summed E-state index contributed by atoms with van der Waals surface area (Å²) in [6, 6.07) is 11.3. The largest absolute Gasteiger partial charge is 0.461 e. The van der Waals surface area contributed by atoms with E-state index in [0.29, 0.717) is 12.1 Å². The summed E-state index contributed by atoms with van der Waals surface area (Å²) in [6.07, 6.45) is 0.814. The molecule has 7 heteroatoms. The fourth-order valence-electron chi connectivity index (χ4n) is 3.07. The second-order valence-corrected chi connectivity index (χ2v) is 7.84. The Kier molecular flexibility index (Phi) is 4.88. The van der Waals surface area contributed by atoms with Crippen LogP contribution in [0.5, 0.6) is 0 Å². The van der Waals surface area contributed by atoms with Crippen LogP contribution in [0.25, 0.3) is 11.0 Å². The minimum Gasteiger partial charge on any atom is -0.461 e. The van der Waals surface area contributed by atoms with Gasteiger partial charge in [-0.2, -0.15) is 0 Å². The Bertz CT molecular complexity index is 1010. The van der Waals surface area contributed by atoms with Gasteiger partial charge in [0.25, 0.3) is 0 Å². The summed E-state index contributed by atoms with van der Waals surface area (Å²) in [7, 11) is -3.60. The molecule has 0 amide bonds. The molecule has 0 fully saturated rings. The van der Waals surface area contributed by atoms with Crippen LogP contribution in [0.2, 0.25) is 0 Å². The lowest BCUT2D eigenvalue weighted by atomic mass is 10.1. The molecule has 4 rings (SSSR count). The highest BCUT2D eigenvalue weighted by Crippen LogP contribution is 2.31. The van der Waals surface area contributed by atoms with E-state index in [-0.39, 0.29) is 28.8 Å². The third-order valence-corrected chi connectivity index (χ3v) is 6.17. The van der Waals surface area contributed by atoms with E-state index in [1.54, 1.807) is 30.3 Å². The quantitative estimate of drug-likeness (QED) is 0.731. The minimum atomic E-state index is -3.60. The normalized spacial score (nSPS) is 14.1. The third kappa shape index (κ3) is 3.06. The van der Waals surface area contributed by atoms with Gasteiger partial charge in [0.2, 0.25) is 9.84 Å². The molecule has 5 nitrogen and oxygen atoms in total. The van der Waals surface area contributed by atoms with Gasteiger partial charge < -0.3 is 14.8 Å². The minimum absolute atomic E-state index is 0. The maximum atomic E-state index is 12.9. The average Bonchev–Trinajstić information content (AvgIpc) is 2.99. The molecule has 1 aliphatic rings.